The minimum Gasteiger partial charge on any atom is -0.475 e. The lowest BCUT2D eigenvalue weighted by atomic mass is 10.2. The Balaban J connectivity index is 2.11. The van der Waals surface area contributed by atoms with Crippen molar-refractivity contribution in [3.05, 3.63) is 23.2 Å². The standard InChI is InChI=1S/C10H8ClNO2/c11-6-2-1-3-7-8(6)12-9(13)10(14-7)4-5-10/h1-3H,4-5H2,(H,12,13). The minimum atomic E-state index is -0.586. The van der Waals surface area contributed by atoms with Crippen molar-refractivity contribution in [3.63, 3.8) is 0 Å². The van der Waals surface area contributed by atoms with E-state index in [0.29, 0.717) is 16.5 Å². The molecule has 0 radical (unpaired) electrons. The molecule has 0 bridgehead atoms. The Morgan fingerprint density at radius 2 is 2.21 bits per heavy atom. The molecule has 0 atom stereocenters. The molecule has 1 amide bonds. The number of para-hydroxylation sites is 1. The largest absolute Gasteiger partial charge is 0.475 e. The van der Waals surface area contributed by atoms with Crippen molar-refractivity contribution in [2.75, 3.05) is 5.32 Å². The van der Waals surface area contributed by atoms with Gasteiger partial charge in [0.25, 0.3) is 5.91 Å². The number of benzene rings is 1. The Kier molecular flexibility index (Phi) is 1.40. The summed E-state index contributed by atoms with van der Waals surface area (Å²) in [6.45, 7) is 0. The van der Waals surface area contributed by atoms with Crippen LogP contribution in [0.15, 0.2) is 18.2 Å². The Labute approximate surface area is 86.0 Å². The highest BCUT2D eigenvalue weighted by Gasteiger charge is 2.55. The second-order valence-electron chi connectivity index (χ2n) is 3.66. The van der Waals surface area contributed by atoms with Gasteiger partial charge in [-0.25, -0.2) is 0 Å². The molecule has 1 heterocycles. The molecule has 1 fully saturated rings. The summed E-state index contributed by atoms with van der Waals surface area (Å²) in [6.07, 6.45) is 1.59. The van der Waals surface area contributed by atoms with Gasteiger partial charge >= 0.3 is 0 Å². The highest BCUT2D eigenvalue weighted by atomic mass is 35.5. The molecule has 1 N–H and O–H groups in total. The maximum absolute atomic E-state index is 11.6. The van der Waals surface area contributed by atoms with Gasteiger partial charge in [0.1, 0.15) is 11.4 Å². The number of carbonyl (C=O) groups is 1. The number of fused-ring (bicyclic) bond motifs is 1. The molecule has 1 aliphatic heterocycles. The van der Waals surface area contributed by atoms with Crippen LogP contribution in [0.5, 0.6) is 5.75 Å². The highest BCUT2D eigenvalue weighted by Crippen LogP contribution is 2.48. The highest BCUT2D eigenvalue weighted by molar-refractivity contribution is 6.34. The first-order chi connectivity index (χ1) is 6.71. The Bertz CT molecular complexity index is 426. The summed E-state index contributed by atoms with van der Waals surface area (Å²) in [6, 6.07) is 5.37. The zero-order chi connectivity index (χ0) is 9.76. The zero-order valence-electron chi connectivity index (χ0n) is 7.34. The van der Waals surface area contributed by atoms with Crippen LogP contribution in [-0.2, 0) is 4.79 Å². The number of hydrogen-bond donors (Lipinski definition) is 1. The van der Waals surface area contributed by atoms with Crippen LogP contribution < -0.4 is 10.1 Å². The molecule has 2 aliphatic rings. The molecule has 0 saturated heterocycles. The first kappa shape index (κ1) is 8.12. The van der Waals surface area contributed by atoms with Crippen molar-refractivity contribution in [2.45, 2.75) is 18.4 Å². The van der Waals surface area contributed by atoms with Gasteiger partial charge < -0.3 is 10.1 Å². The lowest BCUT2D eigenvalue weighted by molar-refractivity contribution is -0.125. The number of nitrogens with one attached hydrogen (secondary N) is 1. The maximum Gasteiger partial charge on any atom is 0.268 e. The molecule has 4 heteroatoms. The molecule has 3 nitrogen and oxygen atoms in total. The zero-order valence-corrected chi connectivity index (χ0v) is 8.10. The number of anilines is 1. The van der Waals surface area contributed by atoms with E-state index in [1.54, 1.807) is 6.07 Å². The summed E-state index contributed by atoms with van der Waals surface area (Å²) >= 11 is 5.93. The van der Waals surface area contributed by atoms with Gasteiger partial charge in [0.05, 0.1) is 5.02 Å². The quantitative estimate of drug-likeness (QED) is 0.712. The molecular weight excluding hydrogens is 202 g/mol. The average molecular weight is 210 g/mol. The second-order valence-corrected chi connectivity index (χ2v) is 4.07. The number of halogens is 1. The fourth-order valence-corrected chi connectivity index (χ4v) is 1.85. The summed E-state index contributed by atoms with van der Waals surface area (Å²) in [5, 5.41) is 3.30. The smallest absolute Gasteiger partial charge is 0.268 e. The molecule has 1 aliphatic carbocycles. The molecule has 0 unspecified atom stereocenters. The number of rotatable bonds is 0. The van der Waals surface area contributed by atoms with Gasteiger partial charge in [-0.15, -0.1) is 0 Å². The molecule has 1 spiro atoms. The number of amides is 1. The first-order valence-electron chi connectivity index (χ1n) is 4.50. The minimum absolute atomic E-state index is 0.0712. The lowest BCUT2D eigenvalue weighted by Crippen LogP contribution is -2.39. The fourth-order valence-electron chi connectivity index (χ4n) is 1.64. The van der Waals surface area contributed by atoms with E-state index in [0.717, 1.165) is 12.8 Å². The van der Waals surface area contributed by atoms with Crippen molar-refractivity contribution >= 4 is 23.2 Å². The van der Waals surface area contributed by atoms with Crippen LogP contribution in [0.3, 0.4) is 0 Å². The van der Waals surface area contributed by atoms with E-state index >= 15 is 0 Å². The van der Waals surface area contributed by atoms with Gasteiger partial charge in [-0.3, -0.25) is 4.79 Å². The van der Waals surface area contributed by atoms with E-state index in [-0.39, 0.29) is 5.91 Å². The topological polar surface area (TPSA) is 38.3 Å². The van der Waals surface area contributed by atoms with Crippen molar-refractivity contribution in [3.8, 4) is 5.75 Å². The van der Waals surface area contributed by atoms with Gasteiger partial charge in [-0.05, 0) is 12.1 Å². The predicted octanol–water partition coefficient (Wildman–Crippen LogP) is 2.20. The van der Waals surface area contributed by atoms with Crippen molar-refractivity contribution < 1.29 is 9.53 Å². The summed E-state index contributed by atoms with van der Waals surface area (Å²) in [7, 11) is 0. The van der Waals surface area contributed by atoms with Gasteiger partial charge in [-0.2, -0.15) is 0 Å². The van der Waals surface area contributed by atoms with Gasteiger partial charge in [0.2, 0.25) is 0 Å². The van der Waals surface area contributed by atoms with Gasteiger partial charge in [0.15, 0.2) is 5.60 Å². The Morgan fingerprint density at radius 3 is 2.93 bits per heavy atom. The van der Waals surface area contributed by atoms with Crippen LogP contribution in [0, 0.1) is 0 Å². The molecule has 0 aromatic heterocycles. The van der Waals surface area contributed by atoms with Crippen LogP contribution in [0.2, 0.25) is 5.02 Å². The number of ether oxygens (including phenoxy) is 1. The van der Waals surface area contributed by atoms with E-state index in [1.165, 1.54) is 0 Å². The molecule has 3 rings (SSSR count). The Hall–Kier alpha value is -1.22. The Morgan fingerprint density at radius 1 is 1.43 bits per heavy atom. The van der Waals surface area contributed by atoms with Crippen LogP contribution in [0.25, 0.3) is 0 Å². The van der Waals surface area contributed by atoms with E-state index in [1.807, 2.05) is 12.1 Å². The lowest BCUT2D eigenvalue weighted by Gasteiger charge is -2.26. The molecule has 1 aromatic rings. The predicted molar refractivity (Wildman–Crippen MR) is 52.7 cm³/mol. The summed E-state index contributed by atoms with van der Waals surface area (Å²) in [5.74, 6) is 0.604. The van der Waals surface area contributed by atoms with Crippen molar-refractivity contribution in [1.29, 1.82) is 0 Å². The van der Waals surface area contributed by atoms with Crippen LogP contribution >= 0.6 is 11.6 Å². The van der Waals surface area contributed by atoms with Crippen molar-refractivity contribution in [1.82, 2.24) is 0 Å². The van der Waals surface area contributed by atoms with E-state index in [2.05, 4.69) is 5.32 Å². The SMILES string of the molecule is O=C1Nc2c(Cl)cccc2OC12CC2. The fraction of sp³-hybridized carbons (Fsp3) is 0.300. The normalized spacial score (nSPS) is 21.1. The molecule has 1 saturated carbocycles. The third-order valence-electron chi connectivity index (χ3n) is 2.64. The van der Waals surface area contributed by atoms with Gasteiger partial charge in [0, 0.05) is 12.8 Å². The molecule has 72 valence electrons. The maximum atomic E-state index is 11.6. The first-order valence-corrected chi connectivity index (χ1v) is 4.88. The molecule has 14 heavy (non-hydrogen) atoms. The summed E-state index contributed by atoms with van der Waals surface area (Å²) in [4.78, 5) is 11.6. The molecule has 1 aromatic carbocycles. The monoisotopic (exact) mass is 209 g/mol. The van der Waals surface area contributed by atoms with E-state index in [9.17, 15) is 4.79 Å². The number of carbonyl (C=O) groups excluding carboxylic acids is 1. The second kappa shape index (κ2) is 2.42. The van der Waals surface area contributed by atoms with Crippen LogP contribution in [-0.4, -0.2) is 11.5 Å². The van der Waals surface area contributed by atoms with Crippen LogP contribution in [0.1, 0.15) is 12.8 Å². The third kappa shape index (κ3) is 0.960. The van der Waals surface area contributed by atoms with Gasteiger partial charge in [-0.1, -0.05) is 17.7 Å². The average Bonchev–Trinajstić information content (AvgIpc) is 2.91. The summed E-state index contributed by atoms with van der Waals surface area (Å²) < 4.78 is 5.63. The van der Waals surface area contributed by atoms with E-state index < -0.39 is 5.60 Å². The number of hydrogen-bond acceptors (Lipinski definition) is 2. The van der Waals surface area contributed by atoms with Crippen molar-refractivity contribution in [2.24, 2.45) is 0 Å². The van der Waals surface area contributed by atoms with Crippen LogP contribution in [0.4, 0.5) is 5.69 Å². The van der Waals surface area contributed by atoms with E-state index in [4.69, 9.17) is 16.3 Å². The third-order valence-corrected chi connectivity index (χ3v) is 2.95. The summed E-state index contributed by atoms with van der Waals surface area (Å²) in [5.41, 5.74) is 0.00853. The molecular formula is C10H8ClNO2.